The van der Waals surface area contributed by atoms with E-state index in [4.69, 9.17) is 0 Å². The van der Waals surface area contributed by atoms with Crippen LogP contribution in [0.1, 0.15) is 36.6 Å². The lowest BCUT2D eigenvalue weighted by molar-refractivity contribution is -0.182. The Morgan fingerprint density at radius 1 is 1.41 bits per heavy atom. The van der Waals surface area contributed by atoms with Crippen molar-refractivity contribution in [1.29, 1.82) is 5.26 Å². The van der Waals surface area contributed by atoms with Gasteiger partial charge in [0.15, 0.2) is 5.78 Å². The van der Waals surface area contributed by atoms with Gasteiger partial charge >= 0.3 is 6.18 Å². The lowest BCUT2D eigenvalue weighted by Gasteiger charge is -2.33. The molecule has 1 N–H and O–H groups in total. The summed E-state index contributed by atoms with van der Waals surface area (Å²) in [5.74, 6) is -3.49. The first-order valence-corrected chi connectivity index (χ1v) is 9.20. The Balaban J connectivity index is 1.79. The van der Waals surface area contributed by atoms with Gasteiger partial charge in [0.05, 0.1) is 23.1 Å². The SMILES string of the molecule is CC(C(=O)C(O)CN1Cc2cnn(-c3ccccc3C#N)c2[C@@H](C)C1)C(F)(F)F. The van der Waals surface area contributed by atoms with E-state index >= 15 is 0 Å². The highest BCUT2D eigenvalue weighted by Gasteiger charge is 2.43. The number of benzene rings is 1. The molecule has 3 atom stereocenters. The number of fused-ring (bicyclic) bond motifs is 1. The number of alkyl halides is 3. The molecule has 3 rings (SSSR count). The molecule has 1 aliphatic heterocycles. The zero-order valence-corrected chi connectivity index (χ0v) is 16.0. The molecule has 0 spiro atoms. The maximum absolute atomic E-state index is 12.7. The van der Waals surface area contributed by atoms with Gasteiger partial charge in [-0.25, -0.2) is 4.68 Å². The number of rotatable bonds is 5. The van der Waals surface area contributed by atoms with Crippen LogP contribution in [0, 0.1) is 17.2 Å². The molecule has 0 aliphatic carbocycles. The van der Waals surface area contributed by atoms with Gasteiger partial charge in [-0.1, -0.05) is 19.1 Å². The number of para-hydroxylation sites is 1. The average molecular weight is 406 g/mol. The fourth-order valence-corrected chi connectivity index (χ4v) is 3.69. The second-order valence-corrected chi connectivity index (χ2v) is 7.37. The predicted octanol–water partition coefficient (Wildman–Crippen LogP) is 2.79. The second kappa shape index (κ2) is 7.97. The van der Waals surface area contributed by atoms with E-state index in [-0.39, 0.29) is 12.5 Å². The van der Waals surface area contributed by atoms with E-state index in [0.717, 1.165) is 18.2 Å². The summed E-state index contributed by atoms with van der Waals surface area (Å²) in [7, 11) is 0. The van der Waals surface area contributed by atoms with E-state index in [2.05, 4.69) is 11.2 Å². The number of hydrogen-bond acceptors (Lipinski definition) is 5. The summed E-state index contributed by atoms with van der Waals surface area (Å²) in [4.78, 5) is 13.7. The number of nitriles is 1. The molecule has 9 heteroatoms. The van der Waals surface area contributed by atoms with Gasteiger partial charge in [-0.05, 0) is 19.1 Å². The van der Waals surface area contributed by atoms with Gasteiger partial charge in [-0.2, -0.15) is 23.5 Å². The van der Waals surface area contributed by atoms with Crippen molar-refractivity contribution in [2.45, 2.75) is 38.6 Å². The first-order chi connectivity index (χ1) is 13.6. The lowest BCUT2D eigenvalue weighted by atomic mass is 9.96. The minimum absolute atomic E-state index is 0.0599. The first-order valence-electron chi connectivity index (χ1n) is 9.20. The van der Waals surface area contributed by atoms with Gasteiger partial charge in [-0.3, -0.25) is 9.69 Å². The topological polar surface area (TPSA) is 82.2 Å². The van der Waals surface area contributed by atoms with E-state index < -0.39 is 24.0 Å². The van der Waals surface area contributed by atoms with Gasteiger partial charge in [-0.15, -0.1) is 0 Å². The first kappa shape index (κ1) is 21.0. The lowest BCUT2D eigenvalue weighted by Crippen LogP contribution is -2.44. The number of ketones is 1. The summed E-state index contributed by atoms with van der Waals surface area (Å²) < 4.78 is 39.9. The largest absolute Gasteiger partial charge is 0.398 e. The molecule has 154 valence electrons. The average Bonchev–Trinajstić information content (AvgIpc) is 3.10. The molecule has 2 heterocycles. The van der Waals surface area contributed by atoms with Crippen molar-refractivity contribution in [1.82, 2.24) is 14.7 Å². The van der Waals surface area contributed by atoms with E-state index in [1.54, 1.807) is 34.0 Å². The number of carbonyl (C=O) groups excluding carboxylic acids is 1. The highest BCUT2D eigenvalue weighted by molar-refractivity contribution is 5.85. The van der Waals surface area contributed by atoms with Gasteiger partial charge < -0.3 is 5.11 Å². The number of β-amino-alcohol motifs (C(OH)–C–C–N with tert-alkyl or cyclic N) is 1. The number of carbonyl (C=O) groups is 1. The maximum atomic E-state index is 12.7. The maximum Gasteiger partial charge on any atom is 0.398 e. The molecule has 0 saturated heterocycles. The molecule has 1 aromatic heterocycles. The molecule has 1 aromatic carbocycles. The number of aromatic nitrogens is 2. The number of aliphatic hydroxyl groups is 1. The summed E-state index contributed by atoms with van der Waals surface area (Å²) >= 11 is 0. The van der Waals surface area contributed by atoms with Gasteiger partial charge in [0, 0.05) is 31.1 Å². The molecule has 0 amide bonds. The summed E-state index contributed by atoms with van der Waals surface area (Å²) in [6.45, 7) is 3.31. The minimum atomic E-state index is -4.67. The van der Waals surface area contributed by atoms with Crippen LogP contribution in [0.25, 0.3) is 5.69 Å². The van der Waals surface area contributed by atoms with Crippen LogP contribution in [0.5, 0.6) is 0 Å². The zero-order valence-electron chi connectivity index (χ0n) is 16.0. The van der Waals surface area contributed by atoms with Gasteiger partial charge in [0.25, 0.3) is 0 Å². The van der Waals surface area contributed by atoms with E-state index in [1.807, 2.05) is 13.0 Å². The summed E-state index contributed by atoms with van der Waals surface area (Å²) in [6, 6.07) is 9.22. The van der Waals surface area contributed by atoms with Gasteiger partial charge in [0.1, 0.15) is 18.1 Å². The van der Waals surface area contributed by atoms with Crippen molar-refractivity contribution in [3.63, 3.8) is 0 Å². The number of Topliss-reactive ketones (excluding diaryl/α,β-unsaturated/α-hetero) is 1. The third-order valence-corrected chi connectivity index (χ3v) is 5.21. The summed E-state index contributed by atoms with van der Waals surface area (Å²) in [5, 5.41) is 23.8. The molecule has 0 saturated carbocycles. The highest BCUT2D eigenvalue weighted by Crippen LogP contribution is 2.32. The molecule has 29 heavy (non-hydrogen) atoms. The molecular formula is C20H21F3N4O2. The second-order valence-electron chi connectivity index (χ2n) is 7.37. The van der Waals surface area contributed by atoms with Crippen LogP contribution in [-0.2, 0) is 11.3 Å². The Kier molecular flexibility index (Phi) is 5.78. The highest BCUT2D eigenvalue weighted by atomic mass is 19.4. The minimum Gasteiger partial charge on any atom is -0.384 e. The number of nitrogens with zero attached hydrogens (tertiary/aromatic N) is 4. The Bertz CT molecular complexity index is 948. The predicted molar refractivity (Wildman–Crippen MR) is 98.2 cm³/mol. The fraction of sp³-hybridized carbons (Fsp3) is 0.450. The molecule has 6 nitrogen and oxygen atoms in total. The molecule has 0 bridgehead atoms. The van der Waals surface area contributed by atoms with Crippen molar-refractivity contribution in [2.24, 2.45) is 5.92 Å². The van der Waals surface area contributed by atoms with Crippen LogP contribution in [0.15, 0.2) is 30.5 Å². The molecule has 2 unspecified atom stereocenters. The van der Waals surface area contributed by atoms with Crippen LogP contribution in [0.4, 0.5) is 13.2 Å². The monoisotopic (exact) mass is 406 g/mol. The van der Waals surface area contributed by atoms with E-state index in [1.165, 1.54) is 0 Å². The molecular weight excluding hydrogens is 385 g/mol. The normalized spacial score (nSPS) is 19.3. The summed E-state index contributed by atoms with van der Waals surface area (Å²) in [6.07, 6.45) is -4.73. The molecule has 1 aliphatic rings. The van der Waals surface area contributed by atoms with E-state index in [9.17, 15) is 28.3 Å². The van der Waals surface area contributed by atoms with Crippen molar-refractivity contribution in [3.05, 3.63) is 47.3 Å². The van der Waals surface area contributed by atoms with Crippen LogP contribution < -0.4 is 0 Å². The van der Waals surface area contributed by atoms with Gasteiger partial charge in [0.2, 0.25) is 0 Å². The van der Waals surface area contributed by atoms with Crippen LogP contribution >= 0.6 is 0 Å². The Morgan fingerprint density at radius 3 is 2.76 bits per heavy atom. The van der Waals surface area contributed by atoms with Crippen LogP contribution in [-0.4, -0.2) is 50.9 Å². The van der Waals surface area contributed by atoms with Crippen molar-refractivity contribution >= 4 is 5.78 Å². The summed E-state index contributed by atoms with van der Waals surface area (Å²) in [5.41, 5.74) is 2.90. The Morgan fingerprint density at radius 2 is 2.10 bits per heavy atom. The zero-order chi connectivity index (χ0) is 21.3. The molecule has 2 aromatic rings. The third kappa shape index (κ3) is 4.18. The van der Waals surface area contributed by atoms with Crippen molar-refractivity contribution < 1.29 is 23.1 Å². The number of halogens is 3. The van der Waals surface area contributed by atoms with Crippen LogP contribution in [0.3, 0.4) is 0 Å². The molecule has 0 fully saturated rings. The standard InChI is InChI=1S/C20H21F3N4O2/c1-12-9-26(11-17(28)19(29)13(2)20(21,22)23)10-15-8-25-27(18(12)15)16-6-4-3-5-14(16)7-24/h3-6,8,12-13,17,28H,9-11H2,1-2H3/t12-,13?,17?/m0/s1. The Labute approximate surface area is 166 Å². The number of aliphatic hydroxyl groups excluding tert-OH is 1. The van der Waals surface area contributed by atoms with Crippen LogP contribution in [0.2, 0.25) is 0 Å². The quantitative estimate of drug-likeness (QED) is 0.826. The number of hydrogen-bond donors (Lipinski definition) is 1. The molecule has 0 radical (unpaired) electrons. The van der Waals surface area contributed by atoms with Crippen molar-refractivity contribution in [2.75, 3.05) is 13.1 Å². The van der Waals surface area contributed by atoms with E-state index in [0.29, 0.717) is 24.3 Å². The Hall–Kier alpha value is -2.70. The van der Waals surface area contributed by atoms with Crippen molar-refractivity contribution in [3.8, 4) is 11.8 Å². The third-order valence-electron chi connectivity index (χ3n) is 5.21. The smallest absolute Gasteiger partial charge is 0.384 e. The fourth-order valence-electron chi connectivity index (χ4n) is 3.69.